The molecule has 8 nitrogen and oxygen atoms in total. The fraction of sp³-hybridized carbons (Fsp3) is 0.438. The number of anilines is 2. The molecule has 0 bridgehead atoms. The van der Waals surface area contributed by atoms with Crippen molar-refractivity contribution < 1.29 is 23.5 Å². The predicted molar refractivity (Wildman–Crippen MR) is 171 cm³/mol. The fourth-order valence-electron chi connectivity index (χ4n) is 5.99. The van der Waals surface area contributed by atoms with Crippen molar-refractivity contribution in [1.29, 1.82) is 0 Å². The van der Waals surface area contributed by atoms with Gasteiger partial charge in [0.1, 0.15) is 5.69 Å². The number of piperazine rings is 1. The smallest absolute Gasteiger partial charge is 0.320 e. The van der Waals surface area contributed by atoms with Crippen LogP contribution >= 0.6 is 27.5 Å². The molecule has 5 rings (SSSR count). The van der Waals surface area contributed by atoms with E-state index in [0.717, 1.165) is 28.6 Å². The highest BCUT2D eigenvalue weighted by Crippen LogP contribution is 2.51. The number of carbonyl (C=O) groups is 2. The standard InChI is InChI=1S/C32H37BrClFN4O4/c1-6-43-28(40)17-38-18(2)14-37(15-19(38)3)30-27(35)12-24-20(4)25(16-39(23-9-10-23)29(24)31(30)42-5)32(41)36-13-21-7-8-22(34)11-26(21)33/h7-8,11-12,16,18-19,23H,4,6,9-10,13-15,17H2,1-3,5H3,(H,36,41)/t18-,19+. The first-order chi connectivity index (χ1) is 20.5. The number of benzene rings is 2. The van der Waals surface area contributed by atoms with Crippen LogP contribution in [0.3, 0.4) is 0 Å². The summed E-state index contributed by atoms with van der Waals surface area (Å²) < 4.78 is 28.1. The van der Waals surface area contributed by atoms with Gasteiger partial charge in [-0.1, -0.05) is 40.2 Å². The lowest BCUT2D eigenvalue weighted by Gasteiger charge is -2.45. The van der Waals surface area contributed by atoms with Crippen molar-refractivity contribution >= 4 is 56.4 Å². The second kappa shape index (κ2) is 12.9. The van der Waals surface area contributed by atoms with Crippen LogP contribution in [0.2, 0.25) is 5.02 Å². The Morgan fingerprint density at radius 2 is 1.86 bits per heavy atom. The van der Waals surface area contributed by atoms with Crippen molar-refractivity contribution in [3.05, 3.63) is 69.1 Å². The Balaban J connectivity index is 1.44. The van der Waals surface area contributed by atoms with Crippen LogP contribution in [0.4, 0.5) is 15.8 Å². The minimum Gasteiger partial charge on any atom is -0.492 e. The number of nitrogens with one attached hydrogen (secondary N) is 1. The first-order valence-electron chi connectivity index (χ1n) is 14.5. The molecular weight excluding hydrogens is 639 g/mol. The number of hydrogen-bond donors (Lipinski definition) is 1. The molecule has 0 radical (unpaired) electrons. The van der Waals surface area contributed by atoms with Gasteiger partial charge in [0.2, 0.25) is 0 Å². The third-order valence-electron chi connectivity index (χ3n) is 8.24. The zero-order chi connectivity index (χ0) is 31.0. The lowest BCUT2D eigenvalue weighted by Crippen LogP contribution is -2.58. The SMILES string of the molecule is C=C1C(C(=O)NCc2ccc(Cl)cc2Br)=CN(C2CC2)c2c1cc(F)c(N1C[C@@H](C)N(CC(=O)OCC)[C@@H](C)C1)c2OC. The van der Waals surface area contributed by atoms with Gasteiger partial charge in [-0.15, -0.1) is 0 Å². The van der Waals surface area contributed by atoms with Crippen molar-refractivity contribution in [2.24, 2.45) is 0 Å². The summed E-state index contributed by atoms with van der Waals surface area (Å²) in [4.78, 5) is 31.8. The molecule has 1 aliphatic carbocycles. The summed E-state index contributed by atoms with van der Waals surface area (Å²) in [7, 11) is 1.55. The quantitative estimate of drug-likeness (QED) is 0.332. The van der Waals surface area contributed by atoms with E-state index in [2.05, 4.69) is 32.7 Å². The molecule has 230 valence electrons. The van der Waals surface area contributed by atoms with Gasteiger partial charge in [0.15, 0.2) is 11.6 Å². The molecular formula is C32H37BrClFN4O4. The van der Waals surface area contributed by atoms with Gasteiger partial charge >= 0.3 is 5.97 Å². The molecule has 1 saturated carbocycles. The minimum absolute atomic E-state index is 0.0290. The van der Waals surface area contributed by atoms with Gasteiger partial charge < -0.3 is 24.6 Å². The second-order valence-corrected chi connectivity index (χ2v) is 12.6. The van der Waals surface area contributed by atoms with Gasteiger partial charge in [-0.3, -0.25) is 14.5 Å². The molecule has 3 aliphatic rings. The summed E-state index contributed by atoms with van der Waals surface area (Å²) in [5.41, 5.74) is 3.33. The topological polar surface area (TPSA) is 74.4 Å². The number of nitrogens with zero attached hydrogens (tertiary/aromatic N) is 3. The van der Waals surface area contributed by atoms with Crippen LogP contribution in [0.15, 0.2) is 47.1 Å². The van der Waals surface area contributed by atoms with Gasteiger partial charge in [0, 0.05) is 59.0 Å². The Kier molecular flexibility index (Phi) is 9.39. The van der Waals surface area contributed by atoms with Gasteiger partial charge in [0.25, 0.3) is 5.91 Å². The molecule has 1 amide bonds. The number of rotatable bonds is 9. The van der Waals surface area contributed by atoms with Gasteiger partial charge in [-0.2, -0.15) is 0 Å². The van der Waals surface area contributed by atoms with E-state index in [1.807, 2.05) is 35.9 Å². The summed E-state index contributed by atoms with van der Waals surface area (Å²) in [6.07, 6.45) is 3.72. The van der Waals surface area contributed by atoms with Crippen LogP contribution in [-0.2, 0) is 20.9 Å². The number of esters is 1. The molecule has 11 heteroatoms. The minimum atomic E-state index is -0.447. The lowest BCUT2D eigenvalue weighted by molar-refractivity contribution is -0.145. The maximum Gasteiger partial charge on any atom is 0.320 e. The molecule has 2 aromatic rings. The molecule has 2 aliphatic heterocycles. The molecule has 0 unspecified atom stereocenters. The van der Waals surface area contributed by atoms with E-state index in [1.165, 1.54) is 6.07 Å². The highest BCUT2D eigenvalue weighted by Gasteiger charge is 2.40. The van der Waals surface area contributed by atoms with Gasteiger partial charge in [-0.05, 0) is 62.9 Å². The van der Waals surface area contributed by atoms with Gasteiger partial charge in [0.05, 0.1) is 31.5 Å². The van der Waals surface area contributed by atoms with Crippen LogP contribution in [0.25, 0.3) is 5.57 Å². The van der Waals surface area contributed by atoms with E-state index in [-0.39, 0.29) is 43.1 Å². The summed E-state index contributed by atoms with van der Waals surface area (Å²) in [6, 6.07) is 6.99. The summed E-state index contributed by atoms with van der Waals surface area (Å²) in [6.45, 7) is 11.9. The number of carbonyl (C=O) groups excluding carboxylic acids is 2. The van der Waals surface area contributed by atoms with E-state index < -0.39 is 5.82 Å². The van der Waals surface area contributed by atoms with Crippen molar-refractivity contribution in [3.8, 4) is 5.75 Å². The first-order valence-corrected chi connectivity index (χ1v) is 15.7. The number of methoxy groups -OCH3 is 1. The second-order valence-electron chi connectivity index (χ2n) is 11.3. The predicted octanol–water partition coefficient (Wildman–Crippen LogP) is 5.91. The van der Waals surface area contributed by atoms with Crippen LogP contribution in [0.5, 0.6) is 5.75 Å². The Hall–Kier alpha value is -3.08. The third kappa shape index (κ3) is 6.42. The van der Waals surface area contributed by atoms with Crippen LogP contribution in [0.1, 0.15) is 44.7 Å². The maximum atomic E-state index is 16.2. The first kappa shape index (κ1) is 31.3. The molecule has 2 fully saturated rings. The van der Waals surface area contributed by atoms with Crippen molar-refractivity contribution in [1.82, 2.24) is 10.2 Å². The third-order valence-corrected chi connectivity index (χ3v) is 9.21. The normalized spacial score (nSPS) is 20.4. The van der Waals surface area contributed by atoms with Gasteiger partial charge in [-0.25, -0.2) is 4.39 Å². The Morgan fingerprint density at radius 3 is 2.47 bits per heavy atom. The molecule has 2 atom stereocenters. The van der Waals surface area contributed by atoms with E-state index in [0.29, 0.717) is 52.9 Å². The molecule has 2 heterocycles. The Morgan fingerprint density at radius 1 is 1.16 bits per heavy atom. The highest BCUT2D eigenvalue weighted by molar-refractivity contribution is 9.10. The summed E-state index contributed by atoms with van der Waals surface area (Å²) in [5.74, 6) is -0.593. The monoisotopic (exact) mass is 674 g/mol. The molecule has 1 N–H and O–H groups in total. The number of hydrogen-bond acceptors (Lipinski definition) is 7. The van der Waals surface area contributed by atoms with Crippen molar-refractivity contribution in [3.63, 3.8) is 0 Å². The number of fused-ring (bicyclic) bond motifs is 1. The average molecular weight is 676 g/mol. The van der Waals surface area contributed by atoms with E-state index in [1.54, 1.807) is 26.2 Å². The summed E-state index contributed by atoms with van der Waals surface area (Å²) >= 11 is 9.56. The number of ether oxygens (including phenoxy) is 2. The van der Waals surface area contributed by atoms with E-state index >= 15 is 4.39 Å². The number of amides is 1. The molecule has 1 saturated heterocycles. The van der Waals surface area contributed by atoms with Crippen LogP contribution in [0, 0.1) is 5.82 Å². The zero-order valence-electron chi connectivity index (χ0n) is 24.9. The molecule has 0 aromatic heterocycles. The van der Waals surface area contributed by atoms with Crippen molar-refractivity contribution in [2.75, 3.05) is 43.2 Å². The average Bonchev–Trinajstić information content (AvgIpc) is 3.80. The van der Waals surface area contributed by atoms with Crippen molar-refractivity contribution in [2.45, 2.75) is 58.3 Å². The highest BCUT2D eigenvalue weighted by atomic mass is 79.9. The lowest BCUT2D eigenvalue weighted by atomic mass is 9.92. The Bertz CT molecular complexity index is 1470. The molecule has 43 heavy (non-hydrogen) atoms. The molecule has 2 aromatic carbocycles. The van der Waals surface area contributed by atoms with E-state index in [4.69, 9.17) is 21.1 Å². The van der Waals surface area contributed by atoms with E-state index in [9.17, 15) is 9.59 Å². The maximum absolute atomic E-state index is 16.2. The Labute approximate surface area is 265 Å². The van der Waals surface area contributed by atoms with Crippen LogP contribution < -0.4 is 19.9 Å². The largest absolute Gasteiger partial charge is 0.492 e. The van der Waals surface area contributed by atoms with Crippen LogP contribution in [-0.4, -0.2) is 68.3 Å². The zero-order valence-corrected chi connectivity index (χ0v) is 27.2. The molecule has 0 spiro atoms. The summed E-state index contributed by atoms with van der Waals surface area (Å²) in [5, 5.41) is 3.57. The number of halogens is 3. The fourth-order valence-corrected chi connectivity index (χ4v) is 6.81.